The first-order chi connectivity index (χ1) is 11.1. The Morgan fingerprint density at radius 2 is 2.17 bits per heavy atom. The maximum absolute atomic E-state index is 12.2. The van der Waals surface area contributed by atoms with E-state index in [2.05, 4.69) is 5.43 Å². The molecule has 0 atom stereocenters. The molecule has 0 saturated carbocycles. The van der Waals surface area contributed by atoms with Gasteiger partial charge in [-0.3, -0.25) is 5.01 Å². The van der Waals surface area contributed by atoms with E-state index in [0.29, 0.717) is 41.9 Å². The fourth-order valence-electron chi connectivity index (χ4n) is 2.46. The number of fused-ring (bicyclic) bond motifs is 1. The van der Waals surface area contributed by atoms with Gasteiger partial charge in [-0.15, -0.1) is 11.8 Å². The number of thioether (sulfide) groups is 1. The summed E-state index contributed by atoms with van der Waals surface area (Å²) in [5, 5.41) is 2.34. The lowest BCUT2D eigenvalue weighted by Gasteiger charge is -2.22. The Morgan fingerprint density at radius 3 is 2.87 bits per heavy atom. The Labute approximate surface area is 143 Å². The predicted octanol–water partition coefficient (Wildman–Crippen LogP) is 2.53. The molecule has 0 amide bonds. The van der Waals surface area contributed by atoms with Crippen LogP contribution in [0.2, 0.25) is 5.02 Å². The van der Waals surface area contributed by atoms with E-state index >= 15 is 0 Å². The summed E-state index contributed by atoms with van der Waals surface area (Å²) < 4.78 is 15.9. The number of hydrogen-bond acceptors (Lipinski definition) is 7. The summed E-state index contributed by atoms with van der Waals surface area (Å²) in [6, 6.07) is 3.57. The highest BCUT2D eigenvalue weighted by atomic mass is 35.5. The molecule has 0 fully saturated rings. The predicted molar refractivity (Wildman–Crippen MR) is 88.3 cm³/mol. The van der Waals surface area contributed by atoms with Crippen molar-refractivity contribution in [3.8, 4) is 11.5 Å². The van der Waals surface area contributed by atoms with Crippen molar-refractivity contribution >= 4 is 29.3 Å². The molecule has 0 spiro atoms. The monoisotopic (exact) mass is 356 g/mol. The van der Waals surface area contributed by atoms with E-state index < -0.39 is 0 Å². The van der Waals surface area contributed by atoms with Gasteiger partial charge in [0.15, 0.2) is 11.5 Å². The second-order valence-electron chi connectivity index (χ2n) is 4.91. The van der Waals surface area contributed by atoms with E-state index in [9.17, 15) is 4.79 Å². The van der Waals surface area contributed by atoms with Gasteiger partial charge in [-0.25, -0.2) is 10.2 Å². The molecule has 23 heavy (non-hydrogen) atoms. The number of esters is 1. The standard InChI is InChI=1S/C15H17ClN2O4S/c1-3-20-15(19)14-13(23-2)6-17-18(14)7-9-4-11-12(5-10(9)16)22-8-21-11/h4-5,17H,3,6-8H2,1-2H3. The molecule has 1 aromatic rings. The molecule has 1 aromatic carbocycles. The van der Waals surface area contributed by atoms with E-state index in [1.807, 2.05) is 12.3 Å². The second-order valence-corrected chi connectivity index (χ2v) is 6.22. The van der Waals surface area contributed by atoms with Crippen LogP contribution >= 0.6 is 23.4 Å². The van der Waals surface area contributed by atoms with Crippen LogP contribution in [0.15, 0.2) is 22.7 Å². The number of hydrazine groups is 1. The van der Waals surface area contributed by atoms with Crippen LogP contribution in [0.5, 0.6) is 11.5 Å². The first-order valence-electron chi connectivity index (χ1n) is 7.17. The molecule has 2 heterocycles. The average molecular weight is 357 g/mol. The highest BCUT2D eigenvalue weighted by molar-refractivity contribution is 8.02. The second kappa shape index (κ2) is 6.90. The van der Waals surface area contributed by atoms with Gasteiger partial charge < -0.3 is 14.2 Å². The summed E-state index contributed by atoms with van der Waals surface area (Å²) in [7, 11) is 0. The first kappa shape index (κ1) is 16.3. The molecule has 3 rings (SSSR count). The summed E-state index contributed by atoms with van der Waals surface area (Å²) in [5.74, 6) is 0.966. The summed E-state index contributed by atoms with van der Waals surface area (Å²) >= 11 is 7.85. The molecule has 0 radical (unpaired) electrons. The van der Waals surface area contributed by atoms with Crippen LogP contribution in [-0.2, 0) is 16.1 Å². The van der Waals surface area contributed by atoms with Crippen LogP contribution in [0.1, 0.15) is 12.5 Å². The largest absolute Gasteiger partial charge is 0.461 e. The van der Waals surface area contributed by atoms with Crippen molar-refractivity contribution in [1.29, 1.82) is 0 Å². The van der Waals surface area contributed by atoms with Gasteiger partial charge in [0.1, 0.15) is 5.70 Å². The van der Waals surface area contributed by atoms with Crippen LogP contribution < -0.4 is 14.9 Å². The molecule has 6 nitrogen and oxygen atoms in total. The molecular formula is C15H17ClN2O4S. The van der Waals surface area contributed by atoms with E-state index in [1.165, 1.54) is 11.8 Å². The summed E-state index contributed by atoms with van der Waals surface area (Å²) in [6.45, 7) is 3.34. The molecule has 0 unspecified atom stereocenters. The van der Waals surface area contributed by atoms with Crippen LogP contribution in [-0.4, -0.2) is 37.2 Å². The Morgan fingerprint density at radius 1 is 1.43 bits per heavy atom. The van der Waals surface area contributed by atoms with E-state index in [-0.39, 0.29) is 12.8 Å². The van der Waals surface area contributed by atoms with Gasteiger partial charge in [0.25, 0.3) is 0 Å². The lowest BCUT2D eigenvalue weighted by Crippen LogP contribution is -2.34. The van der Waals surface area contributed by atoms with Crippen molar-refractivity contribution in [2.24, 2.45) is 0 Å². The first-order valence-corrected chi connectivity index (χ1v) is 8.77. The highest BCUT2D eigenvalue weighted by Gasteiger charge is 2.30. The Bertz CT molecular complexity index is 665. The number of nitrogens with zero attached hydrogens (tertiary/aromatic N) is 1. The maximum atomic E-state index is 12.2. The van der Waals surface area contributed by atoms with Gasteiger partial charge in [-0.05, 0) is 24.8 Å². The van der Waals surface area contributed by atoms with E-state index in [1.54, 1.807) is 18.0 Å². The number of benzene rings is 1. The van der Waals surface area contributed by atoms with Crippen LogP contribution in [0.25, 0.3) is 0 Å². The lowest BCUT2D eigenvalue weighted by atomic mass is 10.2. The van der Waals surface area contributed by atoms with Gasteiger partial charge >= 0.3 is 5.97 Å². The van der Waals surface area contributed by atoms with Crippen LogP contribution in [0.3, 0.4) is 0 Å². The van der Waals surface area contributed by atoms with Gasteiger partial charge in [0.2, 0.25) is 6.79 Å². The SMILES string of the molecule is CCOC(=O)C1=C(SC)CNN1Cc1cc2c(cc1Cl)OCO2. The normalized spacial score (nSPS) is 16.2. The summed E-state index contributed by atoms with van der Waals surface area (Å²) in [4.78, 5) is 13.2. The zero-order chi connectivity index (χ0) is 16.4. The van der Waals surface area contributed by atoms with E-state index in [0.717, 1.165) is 10.5 Å². The lowest BCUT2D eigenvalue weighted by molar-refractivity contribution is -0.140. The quantitative estimate of drug-likeness (QED) is 0.813. The fourth-order valence-corrected chi connectivity index (χ4v) is 3.27. The van der Waals surface area contributed by atoms with Gasteiger partial charge in [0.05, 0.1) is 13.2 Å². The molecule has 0 aliphatic carbocycles. The molecule has 0 bridgehead atoms. The number of hydrogen-bond donors (Lipinski definition) is 1. The van der Waals surface area contributed by atoms with E-state index in [4.69, 9.17) is 25.8 Å². The maximum Gasteiger partial charge on any atom is 0.356 e. The molecule has 1 N–H and O–H groups in total. The van der Waals surface area contributed by atoms with Crippen molar-refractivity contribution in [3.05, 3.63) is 33.3 Å². The fraction of sp³-hybridized carbons (Fsp3) is 0.400. The Balaban J connectivity index is 1.85. The summed E-state index contributed by atoms with van der Waals surface area (Å²) in [6.07, 6.45) is 1.94. The van der Waals surface area contributed by atoms with Gasteiger partial charge in [-0.1, -0.05) is 11.6 Å². The zero-order valence-corrected chi connectivity index (χ0v) is 14.4. The molecule has 124 valence electrons. The minimum atomic E-state index is -0.335. The van der Waals surface area contributed by atoms with Crippen LogP contribution in [0.4, 0.5) is 0 Å². The third-order valence-corrected chi connectivity index (χ3v) is 4.73. The number of carbonyl (C=O) groups is 1. The Hall–Kier alpha value is -1.57. The van der Waals surface area contributed by atoms with Gasteiger partial charge in [-0.2, -0.15) is 0 Å². The highest BCUT2D eigenvalue weighted by Crippen LogP contribution is 2.38. The molecule has 2 aliphatic heterocycles. The smallest absolute Gasteiger partial charge is 0.356 e. The molecule has 2 aliphatic rings. The molecule has 8 heteroatoms. The van der Waals surface area contributed by atoms with Gasteiger partial charge in [0, 0.05) is 22.5 Å². The average Bonchev–Trinajstić information content (AvgIpc) is 3.14. The summed E-state index contributed by atoms with van der Waals surface area (Å²) in [5.41, 5.74) is 4.57. The molecule has 0 saturated heterocycles. The van der Waals surface area contributed by atoms with Crippen molar-refractivity contribution in [3.63, 3.8) is 0 Å². The van der Waals surface area contributed by atoms with Crippen molar-refractivity contribution in [2.75, 3.05) is 26.2 Å². The minimum absolute atomic E-state index is 0.196. The zero-order valence-electron chi connectivity index (χ0n) is 12.8. The minimum Gasteiger partial charge on any atom is -0.461 e. The Kier molecular flexibility index (Phi) is 4.89. The molecular weight excluding hydrogens is 340 g/mol. The topological polar surface area (TPSA) is 60.0 Å². The third kappa shape index (κ3) is 3.22. The van der Waals surface area contributed by atoms with Crippen molar-refractivity contribution in [2.45, 2.75) is 13.5 Å². The van der Waals surface area contributed by atoms with Crippen LogP contribution in [0, 0.1) is 0 Å². The number of halogens is 1. The number of carbonyl (C=O) groups excluding carboxylic acids is 1. The number of ether oxygens (including phenoxy) is 3. The third-order valence-electron chi connectivity index (χ3n) is 3.55. The van der Waals surface area contributed by atoms with Crippen molar-refractivity contribution in [1.82, 2.24) is 10.4 Å². The number of nitrogens with one attached hydrogen (secondary N) is 1. The van der Waals surface area contributed by atoms with Crippen molar-refractivity contribution < 1.29 is 19.0 Å². The molecule has 0 aromatic heterocycles. The number of rotatable bonds is 5.